The number of aliphatic carboxylic acids is 1. The Morgan fingerprint density at radius 2 is 2.00 bits per heavy atom. The molecule has 0 rings (SSSR count). The van der Waals surface area contributed by atoms with Crippen LogP contribution < -0.4 is 5.32 Å². The van der Waals surface area contributed by atoms with Gasteiger partial charge in [-0.1, -0.05) is 0 Å². The lowest BCUT2D eigenvalue weighted by molar-refractivity contribution is -0.175. The molecule has 1 unspecified atom stereocenters. The third kappa shape index (κ3) is 9.25. The maximum Gasteiger partial charge on any atom is 0.411 e. The van der Waals surface area contributed by atoms with Gasteiger partial charge >= 0.3 is 12.1 Å². The molecule has 94 valence electrons. The second kappa shape index (κ2) is 6.31. The van der Waals surface area contributed by atoms with Gasteiger partial charge in [-0.05, 0) is 6.92 Å². The first-order valence-electron chi connectivity index (χ1n) is 4.36. The Morgan fingerprint density at radius 3 is 2.44 bits per heavy atom. The SMILES string of the molecule is CC(CC(=O)O)NC(=O)COCC(F)(F)F. The van der Waals surface area contributed by atoms with E-state index in [0.717, 1.165) is 0 Å². The molecule has 0 aliphatic carbocycles. The molecule has 0 aromatic heterocycles. The van der Waals surface area contributed by atoms with E-state index >= 15 is 0 Å². The van der Waals surface area contributed by atoms with Crippen molar-refractivity contribution in [3.05, 3.63) is 0 Å². The number of halogens is 3. The van der Waals surface area contributed by atoms with Crippen LogP contribution in [0.5, 0.6) is 0 Å². The Hall–Kier alpha value is -1.31. The molecule has 0 aliphatic heterocycles. The minimum atomic E-state index is -4.48. The third-order valence-corrected chi connectivity index (χ3v) is 1.39. The summed E-state index contributed by atoms with van der Waals surface area (Å²) in [6, 6.07) is -0.653. The molecule has 2 N–H and O–H groups in total. The molecule has 0 aromatic rings. The molecular weight excluding hydrogens is 231 g/mol. The summed E-state index contributed by atoms with van der Waals surface area (Å²) >= 11 is 0. The molecule has 0 bridgehead atoms. The smallest absolute Gasteiger partial charge is 0.411 e. The molecule has 0 fully saturated rings. The number of alkyl halides is 3. The average molecular weight is 243 g/mol. The van der Waals surface area contributed by atoms with Crippen LogP contribution in [0.25, 0.3) is 0 Å². The number of amides is 1. The number of hydrogen-bond acceptors (Lipinski definition) is 3. The molecule has 16 heavy (non-hydrogen) atoms. The zero-order valence-electron chi connectivity index (χ0n) is 8.50. The summed E-state index contributed by atoms with van der Waals surface area (Å²) in [7, 11) is 0. The van der Waals surface area contributed by atoms with Gasteiger partial charge in [-0.25, -0.2) is 0 Å². The van der Waals surface area contributed by atoms with Gasteiger partial charge in [0, 0.05) is 6.04 Å². The lowest BCUT2D eigenvalue weighted by Gasteiger charge is -2.12. The molecule has 0 heterocycles. The maximum atomic E-state index is 11.6. The Labute approximate surface area is 89.6 Å². The molecule has 0 saturated carbocycles. The van der Waals surface area contributed by atoms with Crippen molar-refractivity contribution in [3.63, 3.8) is 0 Å². The van der Waals surface area contributed by atoms with Crippen molar-refractivity contribution in [2.24, 2.45) is 0 Å². The highest BCUT2D eigenvalue weighted by molar-refractivity contribution is 5.78. The monoisotopic (exact) mass is 243 g/mol. The molecule has 0 aromatic carbocycles. The van der Waals surface area contributed by atoms with E-state index in [1.807, 2.05) is 0 Å². The maximum absolute atomic E-state index is 11.6. The van der Waals surface area contributed by atoms with Crippen molar-refractivity contribution in [2.75, 3.05) is 13.2 Å². The van der Waals surface area contributed by atoms with Crippen LogP contribution in [0.4, 0.5) is 13.2 Å². The Balaban J connectivity index is 3.70. The van der Waals surface area contributed by atoms with E-state index < -0.39 is 37.3 Å². The molecule has 1 amide bonds. The predicted octanol–water partition coefficient (Wildman–Crippen LogP) is 0.545. The fourth-order valence-electron chi connectivity index (χ4n) is 0.889. The van der Waals surface area contributed by atoms with Crippen molar-refractivity contribution in [2.45, 2.75) is 25.6 Å². The molecule has 0 spiro atoms. The number of carbonyl (C=O) groups excluding carboxylic acids is 1. The van der Waals surface area contributed by atoms with Crippen LogP contribution in [-0.4, -0.2) is 42.4 Å². The predicted molar refractivity (Wildman–Crippen MR) is 46.7 cm³/mol. The second-order valence-electron chi connectivity index (χ2n) is 3.17. The van der Waals surface area contributed by atoms with Crippen LogP contribution in [0.15, 0.2) is 0 Å². The number of carboxylic acids is 1. The zero-order chi connectivity index (χ0) is 12.8. The van der Waals surface area contributed by atoms with E-state index in [9.17, 15) is 22.8 Å². The van der Waals surface area contributed by atoms with E-state index in [4.69, 9.17) is 5.11 Å². The van der Waals surface area contributed by atoms with Crippen molar-refractivity contribution >= 4 is 11.9 Å². The quantitative estimate of drug-likeness (QED) is 0.714. The van der Waals surface area contributed by atoms with Crippen LogP contribution in [-0.2, 0) is 14.3 Å². The number of nitrogens with one attached hydrogen (secondary N) is 1. The van der Waals surface area contributed by atoms with Gasteiger partial charge in [-0.3, -0.25) is 9.59 Å². The van der Waals surface area contributed by atoms with Crippen LogP contribution >= 0.6 is 0 Å². The Morgan fingerprint density at radius 1 is 1.44 bits per heavy atom. The highest BCUT2D eigenvalue weighted by atomic mass is 19.4. The van der Waals surface area contributed by atoms with Crippen LogP contribution in [0, 0.1) is 0 Å². The topological polar surface area (TPSA) is 75.6 Å². The Bertz CT molecular complexity index is 254. The number of ether oxygens (including phenoxy) is 1. The fraction of sp³-hybridized carbons (Fsp3) is 0.750. The van der Waals surface area contributed by atoms with Crippen molar-refractivity contribution in [3.8, 4) is 0 Å². The summed E-state index contributed by atoms with van der Waals surface area (Å²) in [5.74, 6) is -1.89. The number of hydrogen-bond donors (Lipinski definition) is 2. The molecule has 1 atom stereocenters. The van der Waals surface area contributed by atoms with Gasteiger partial charge < -0.3 is 15.2 Å². The van der Waals surface area contributed by atoms with E-state index in [-0.39, 0.29) is 6.42 Å². The highest BCUT2D eigenvalue weighted by Gasteiger charge is 2.27. The standard InChI is InChI=1S/C8H12F3NO4/c1-5(2-7(14)15)12-6(13)3-16-4-8(9,10)11/h5H,2-4H2,1H3,(H,12,13)(H,14,15). The fourth-order valence-corrected chi connectivity index (χ4v) is 0.889. The number of carboxylic acid groups (broad SMARTS) is 1. The third-order valence-electron chi connectivity index (χ3n) is 1.39. The van der Waals surface area contributed by atoms with Gasteiger partial charge in [0.2, 0.25) is 5.91 Å². The summed E-state index contributed by atoms with van der Waals surface area (Å²) in [5.41, 5.74) is 0. The van der Waals surface area contributed by atoms with Gasteiger partial charge in [0.1, 0.15) is 13.2 Å². The van der Waals surface area contributed by atoms with E-state index in [1.54, 1.807) is 0 Å². The van der Waals surface area contributed by atoms with Crippen LogP contribution in [0.3, 0.4) is 0 Å². The van der Waals surface area contributed by atoms with Gasteiger partial charge in [0.25, 0.3) is 0 Å². The molecular formula is C8H12F3NO4. The van der Waals surface area contributed by atoms with Crippen molar-refractivity contribution in [1.82, 2.24) is 5.32 Å². The number of carbonyl (C=O) groups is 2. The molecule has 0 saturated heterocycles. The molecule has 5 nitrogen and oxygen atoms in total. The normalized spacial score (nSPS) is 13.2. The van der Waals surface area contributed by atoms with E-state index in [0.29, 0.717) is 0 Å². The molecule has 0 aliphatic rings. The lowest BCUT2D eigenvalue weighted by atomic mass is 10.2. The van der Waals surface area contributed by atoms with E-state index in [1.165, 1.54) is 6.92 Å². The minimum Gasteiger partial charge on any atom is -0.481 e. The van der Waals surface area contributed by atoms with Crippen LogP contribution in [0.1, 0.15) is 13.3 Å². The molecule has 0 radical (unpaired) electrons. The van der Waals surface area contributed by atoms with E-state index in [2.05, 4.69) is 10.1 Å². The molecule has 8 heteroatoms. The highest BCUT2D eigenvalue weighted by Crippen LogP contribution is 2.13. The average Bonchev–Trinajstić information content (AvgIpc) is 1.98. The summed E-state index contributed by atoms with van der Waals surface area (Å²) in [5, 5.41) is 10.5. The number of rotatable bonds is 6. The summed E-state index contributed by atoms with van der Waals surface area (Å²) in [6.45, 7) is -0.826. The second-order valence-corrected chi connectivity index (χ2v) is 3.17. The minimum absolute atomic E-state index is 0.301. The van der Waals surface area contributed by atoms with Crippen molar-refractivity contribution in [1.29, 1.82) is 0 Å². The zero-order valence-corrected chi connectivity index (χ0v) is 8.50. The van der Waals surface area contributed by atoms with Gasteiger partial charge in [0.05, 0.1) is 6.42 Å². The Kier molecular flexibility index (Phi) is 5.79. The van der Waals surface area contributed by atoms with Gasteiger partial charge in [-0.15, -0.1) is 0 Å². The summed E-state index contributed by atoms with van der Waals surface area (Å²) < 4.78 is 38.9. The van der Waals surface area contributed by atoms with Crippen LogP contribution in [0.2, 0.25) is 0 Å². The summed E-state index contributed by atoms with van der Waals surface area (Å²) in [6.07, 6.45) is -4.78. The van der Waals surface area contributed by atoms with Gasteiger partial charge in [-0.2, -0.15) is 13.2 Å². The largest absolute Gasteiger partial charge is 0.481 e. The first-order chi connectivity index (χ1) is 7.20. The first-order valence-corrected chi connectivity index (χ1v) is 4.36. The van der Waals surface area contributed by atoms with Crippen molar-refractivity contribution < 1.29 is 32.6 Å². The first kappa shape index (κ1) is 14.7. The summed E-state index contributed by atoms with van der Waals surface area (Å²) in [4.78, 5) is 21.1. The lowest BCUT2D eigenvalue weighted by Crippen LogP contribution is -2.37. The van der Waals surface area contributed by atoms with Gasteiger partial charge in [0.15, 0.2) is 0 Å².